The number of benzene rings is 2. The van der Waals surface area contributed by atoms with Gasteiger partial charge in [-0.1, -0.05) is 48.0 Å². The number of carbonyl (C=O) groups is 1. The molecule has 7 heteroatoms. The number of aromatic nitrogens is 3. The number of aryl methyl sites for hydroxylation is 1. The molecule has 28 heavy (non-hydrogen) atoms. The van der Waals surface area contributed by atoms with E-state index in [0.717, 1.165) is 21.7 Å². The molecular formula is C21H17N3O3S. The first-order valence-electron chi connectivity index (χ1n) is 8.72. The number of thiazole rings is 1. The van der Waals surface area contributed by atoms with Crippen molar-refractivity contribution in [3.63, 3.8) is 0 Å². The zero-order valence-corrected chi connectivity index (χ0v) is 16.1. The molecule has 0 N–H and O–H groups in total. The van der Waals surface area contributed by atoms with Crippen LogP contribution in [-0.4, -0.2) is 21.2 Å². The molecule has 0 saturated carbocycles. The van der Waals surface area contributed by atoms with Gasteiger partial charge in [-0.25, -0.2) is 9.78 Å². The molecule has 2 aromatic heterocycles. The molecule has 0 unspecified atom stereocenters. The fraction of sp³-hybridized carbons (Fsp3) is 0.143. The van der Waals surface area contributed by atoms with Crippen LogP contribution in [0.15, 0.2) is 64.4 Å². The van der Waals surface area contributed by atoms with Crippen LogP contribution in [0.3, 0.4) is 0 Å². The Labute approximate surface area is 165 Å². The number of ether oxygens (including phenoxy) is 1. The van der Waals surface area contributed by atoms with Crippen LogP contribution in [0.1, 0.15) is 35.0 Å². The quantitative estimate of drug-likeness (QED) is 0.441. The van der Waals surface area contributed by atoms with Gasteiger partial charge in [-0.2, -0.15) is 0 Å². The normalized spacial score (nSPS) is 11.9. The van der Waals surface area contributed by atoms with Gasteiger partial charge in [0.2, 0.25) is 5.89 Å². The van der Waals surface area contributed by atoms with Gasteiger partial charge in [0.1, 0.15) is 5.01 Å². The van der Waals surface area contributed by atoms with E-state index in [2.05, 4.69) is 15.2 Å². The predicted octanol–water partition coefficient (Wildman–Crippen LogP) is 5.09. The third-order valence-corrected chi connectivity index (χ3v) is 5.00. The SMILES string of the molecule is Cc1ccc(-c2nnc([C@@H](C)OC(=O)c3csc(-c4ccccc4)n3)o2)cc1. The van der Waals surface area contributed by atoms with E-state index < -0.39 is 12.1 Å². The second-order valence-electron chi connectivity index (χ2n) is 6.26. The summed E-state index contributed by atoms with van der Waals surface area (Å²) in [5.41, 5.74) is 3.17. The second kappa shape index (κ2) is 7.74. The van der Waals surface area contributed by atoms with E-state index in [1.165, 1.54) is 11.3 Å². The highest BCUT2D eigenvalue weighted by Crippen LogP contribution is 2.26. The van der Waals surface area contributed by atoms with Crippen molar-refractivity contribution in [2.75, 3.05) is 0 Å². The molecule has 0 saturated heterocycles. The Morgan fingerprint density at radius 3 is 2.54 bits per heavy atom. The lowest BCUT2D eigenvalue weighted by molar-refractivity contribution is 0.0274. The summed E-state index contributed by atoms with van der Waals surface area (Å²) >= 11 is 1.39. The zero-order valence-electron chi connectivity index (χ0n) is 15.3. The van der Waals surface area contributed by atoms with Crippen LogP contribution in [-0.2, 0) is 4.74 Å². The van der Waals surface area contributed by atoms with Crippen molar-refractivity contribution in [3.05, 3.63) is 77.1 Å². The number of nitrogens with zero attached hydrogens (tertiary/aromatic N) is 3. The number of carbonyl (C=O) groups excluding carboxylic acids is 1. The molecule has 0 aliphatic heterocycles. The first-order chi connectivity index (χ1) is 13.6. The van der Waals surface area contributed by atoms with Crippen LogP contribution in [0.2, 0.25) is 0 Å². The maximum atomic E-state index is 12.4. The molecule has 140 valence electrons. The Bertz CT molecular complexity index is 1090. The monoisotopic (exact) mass is 391 g/mol. The molecule has 0 spiro atoms. The first kappa shape index (κ1) is 18.1. The van der Waals surface area contributed by atoms with Crippen LogP contribution in [0.5, 0.6) is 0 Å². The lowest BCUT2D eigenvalue weighted by atomic mass is 10.1. The zero-order chi connectivity index (χ0) is 19.5. The summed E-state index contributed by atoms with van der Waals surface area (Å²) < 4.78 is 11.1. The van der Waals surface area contributed by atoms with E-state index in [9.17, 15) is 4.79 Å². The molecule has 0 amide bonds. The van der Waals surface area contributed by atoms with Gasteiger partial charge >= 0.3 is 5.97 Å². The standard InChI is InChI=1S/C21H17N3O3S/c1-13-8-10-15(11-9-13)19-24-23-18(27-19)14(2)26-21(25)17-12-28-20(22-17)16-6-4-3-5-7-16/h3-12,14H,1-2H3/t14-/m1/s1. The summed E-state index contributed by atoms with van der Waals surface area (Å²) in [5, 5.41) is 10.5. The lowest BCUT2D eigenvalue weighted by Crippen LogP contribution is -2.10. The number of rotatable bonds is 5. The molecule has 1 atom stereocenters. The molecule has 0 bridgehead atoms. The maximum absolute atomic E-state index is 12.4. The molecule has 0 radical (unpaired) electrons. The molecule has 4 rings (SSSR count). The summed E-state index contributed by atoms with van der Waals surface area (Å²) in [6.45, 7) is 3.70. The van der Waals surface area contributed by atoms with Crippen molar-refractivity contribution < 1.29 is 13.9 Å². The van der Waals surface area contributed by atoms with Crippen LogP contribution in [0.4, 0.5) is 0 Å². The van der Waals surface area contributed by atoms with Crippen LogP contribution in [0.25, 0.3) is 22.0 Å². The number of hydrogen-bond donors (Lipinski definition) is 0. The third-order valence-electron chi connectivity index (χ3n) is 4.10. The second-order valence-corrected chi connectivity index (χ2v) is 7.12. The average Bonchev–Trinajstić information content (AvgIpc) is 3.39. The fourth-order valence-electron chi connectivity index (χ4n) is 2.56. The van der Waals surface area contributed by atoms with Gasteiger partial charge in [-0.3, -0.25) is 0 Å². The van der Waals surface area contributed by atoms with Gasteiger partial charge in [0.05, 0.1) is 0 Å². The van der Waals surface area contributed by atoms with Crippen LogP contribution >= 0.6 is 11.3 Å². The molecule has 0 fully saturated rings. The van der Waals surface area contributed by atoms with Gasteiger partial charge in [0.15, 0.2) is 11.8 Å². The molecule has 2 aromatic carbocycles. The Balaban J connectivity index is 1.45. The molecule has 2 heterocycles. The van der Waals surface area contributed by atoms with Crippen molar-refractivity contribution in [1.29, 1.82) is 0 Å². The van der Waals surface area contributed by atoms with E-state index in [-0.39, 0.29) is 11.6 Å². The summed E-state index contributed by atoms with van der Waals surface area (Å²) in [6, 6.07) is 17.4. The maximum Gasteiger partial charge on any atom is 0.358 e. The van der Waals surface area contributed by atoms with Crippen molar-refractivity contribution in [2.45, 2.75) is 20.0 Å². The highest BCUT2D eigenvalue weighted by molar-refractivity contribution is 7.13. The van der Waals surface area contributed by atoms with Gasteiger partial charge in [0, 0.05) is 16.5 Å². The third kappa shape index (κ3) is 3.84. The number of hydrogen-bond acceptors (Lipinski definition) is 7. The molecule has 0 aliphatic rings. The largest absolute Gasteiger partial charge is 0.448 e. The summed E-state index contributed by atoms with van der Waals surface area (Å²) in [7, 11) is 0. The Kier molecular flexibility index (Phi) is 4.99. The molecule has 0 aliphatic carbocycles. The van der Waals surface area contributed by atoms with Crippen LogP contribution < -0.4 is 0 Å². The molecular weight excluding hydrogens is 374 g/mol. The van der Waals surface area contributed by atoms with E-state index in [4.69, 9.17) is 9.15 Å². The van der Waals surface area contributed by atoms with Crippen molar-refractivity contribution in [2.24, 2.45) is 0 Å². The van der Waals surface area contributed by atoms with E-state index >= 15 is 0 Å². The molecule has 6 nitrogen and oxygen atoms in total. The lowest BCUT2D eigenvalue weighted by Gasteiger charge is -2.07. The van der Waals surface area contributed by atoms with Crippen molar-refractivity contribution >= 4 is 17.3 Å². The highest BCUT2D eigenvalue weighted by atomic mass is 32.1. The van der Waals surface area contributed by atoms with E-state index in [1.807, 2.05) is 61.5 Å². The van der Waals surface area contributed by atoms with Gasteiger partial charge < -0.3 is 9.15 Å². The van der Waals surface area contributed by atoms with Crippen molar-refractivity contribution in [1.82, 2.24) is 15.2 Å². The van der Waals surface area contributed by atoms with E-state index in [0.29, 0.717) is 5.89 Å². The fourth-order valence-corrected chi connectivity index (χ4v) is 3.36. The van der Waals surface area contributed by atoms with E-state index in [1.54, 1.807) is 12.3 Å². The van der Waals surface area contributed by atoms with Gasteiger partial charge in [-0.05, 0) is 26.0 Å². The predicted molar refractivity (Wildman–Crippen MR) is 106 cm³/mol. The first-order valence-corrected chi connectivity index (χ1v) is 9.60. The topological polar surface area (TPSA) is 78.1 Å². The smallest absolute Gasteiger partial charge is 0.358 e. The van der Waals surface area contributed by atoms with Gasteiger partial charge in [0.25, 0.3) is 5.89 Å². The summed E-state index contributed by atoms with van der Waals surface area (Å²) in [5.74, 6) is 0.0985. The molecule has 4 aromatic rings. The van der Waals surface area contributed by atoms with Crippen molar-refractivity contribution in [3.8, 4) is 22.0 Å². The average molecular weight is 391 g/mol. The highest BCUT2D eigenvalue weighted by Gasteiger charge is 2.21. The minimum Gasteiger partial charge on any atom is -0.448 e. The minimum absolute atomic E-state index is 0.238. The van der Waals surface area contributed by atoms with Gasteiger partial charge in [-0.15, -0.1) is 21.5 Å². The number of esters is 1. The Morgan fingerprint density at radius 1 is 1.04 bits per heavy atom. The van der Waals surface area contributed by atoms with Crippen LogP contribution in [0, 0.1) is 6.92 Å². The Hall–Kier alpha value is -3.32. The Morgan fingerprint density at radius 2 is 1.79 bits per heavy atom. The minimum atomic E-state index is -0.680. The summed E-state index contributed by atoms with van der Waals surface area (Å²) in [4.78, 5) is 16.8. The summed E-state index contributed by atoms with van der Waals surface area (Å²) in [6.07, 6.45) is -0.680.